The first-order chi connectivity index (χ1) is 10.0. The molecule has 1 unspecified atom stereocenters. The third-order valence-corrected chi connectivity index (χ3v) is 3.33. The lowest BCUT2D eigenvalue weighted by atomic mass is 10.0. The quantitative estimate of drug-likeness (QED) is 0.386. The molecule has 0 spiro atoms. The number of hydrogen-bond acceptors (Lipinski definition) is 2. The van der Waals surface area contributed by atoms with Crippen molar-refractivity contribution in [2.45, 2.75) is 53.0 Å². The van der Waals surface area contributed by atoms with E-state index in [1.165, 1.54) is 18.4 Å². The van der Waals surface area contributed by atoms with Crippen molar-refractivity contribution < 1.29 is 0 Å². The van der Waals surface area contributed by atoms with E-state index in [-0.39, 0.29) is 24.0 Å². The van der Waals surface area contributed by atoms with Gasteiger partial charge in [0.2, 0.25) is 0 Å². The molecule has 22 heavy (non-hydrogen) atoms. The molecular formula is C16H32IN5. The first-order valence-corrected chi connectivity index (χ1v) is 8.03. The topological polar surface area (TPSA) is 54.2 Å². The van der Waals surface area contributed by atoms with Crippen LogP contribution in [0.3, 0.4) is 0 Å². The number of rotatable bonds is 8. The van der Waals surface area contributed by atoms with Gasteiger partial charge in [0.05, 0.1) is 6.20 Å². The molecule has 5 nitrogen and oxygen atoms in total. The molecule has 1 aromatic heterocycles. The van der Waals surface area contributed by atoms with E-state index in [2.05, 4.69) is 48.4 Å². The zero-order valence-corrected chi connectivity index (χ0v) is 16.9. The van der Waals surface area contributed by atoms with Crippen LogP contribution in [0.5, 0.6) is 0 Å². The minimum Gasteiger partial charge on any atom is -0.357 e. The van der Waals surface area contributed by atoms with Gasteiger partial charge < -0.3 is 10.6 Å². The molecule has 0 aliphatic rings. The molecule has 1 atom stereocenters. The molecule has 1 aromatic rings. The maximum Gasteiger partial charge on any atom is 0.191 e. The second-order valence-corrected chi connectivity index (χ2v) is 6.05. The van der Waals surface area contributed by atoms with E-state index in [0.29, 0.717) is 6.04 Å². The summed E-state index contributed by atoms with van der Waals surface area (Å²) in [4.78, 5) is 4.64. The summed E-state index contributed by atoms with van der Waals surface area (Å²) in [5, 5.41) is 11.0. The van der Waals surface area contributed by atoms with Crippen LogP contribution in [0.4, 0.5) is 0 Å². The predicted octanol–water partition coefficient (Wildman–Crippen LogP) is 2.96. The van der Waals surface area contributed by atoms with E-state index in [0.717, 1.165) is 31.4 Å². The van der Waals surface area contributed by atoms with Crippen LogP contribution in [0, 0.1) is 5.92 Å². The van der Waals surface area contributed by atoms with Gasteiger partial charge in [-0.25, -0.2) is 0 Å². The van der Waals surface area contributed by atoms with Gasteiger partial charge in [0.25, 0.3) is 0 Å². The highest BCUT2D eigenvalue weighted by atomic mass is 127. The molecule has 2 N–H and O–H groups in total. The van der Waals surface area contributed by atoms with Crippen LogP contribution in [0.15, 0.2) is 17.4 Å². The first kappa shape index (κ1) is 21.2. The Kier molecular flexibility index (Phi) is 11.3. The Morgan fingerprint density at radius 3 is 2.59 bits per heavy atom. The van der Waals surface area contributed by atoms with Crippen molar-refractivity contribution in [3.63, 3.8) is 0 Å². The Hall–Kier alpha value is -0.790. The summed E-state index contributed by atoms with van der Waals surface area (Å²) < 4.78 is 1.83. The molecule has 0 radical (unpaired) electrons. The minimum absolute atomic E-state index is 0. The van der Waals surface area contributed by atoms with Gasteiger partial charge in [-0.2, -0.15) is 5.10 Å². The van der Waals surface area contributed by atoms with Crippen LogP contribution in [0.2, 0.25) is 0 Å². The number of hydrogen-bond donors (Lipinski definition) is 2. The van der Waals surface area contributed by atoms with Gasteiger partial charge in [-0.3, -0.25) is 9.67 Å². The van der Waals surface area contributed by atoms with Crippen LogP contribution in [0.25, 0.3) is 0 Å². The molecule has 0 aromatic carbocycles. The Balaban J connectivity index is 0.00000441. The smallest absolute Gasteiger partial charge is 0.191 e. The summed E-state index contributed by atoms with van der Waals surface area (Å²) >= 11 is 0. The number of aliphatic imine (C=N–C) groups is 1. The van der Waals surface area contributed by atoms with Crippen molar-refractivity contribution in [3.05, 3.63) is 18.0 Å². The number of aromatic nitrogens is 2. The zero-order chi connectivity index (χ0) is 15.7. The van der Waals surface area contributed by atoms with Crippen LogP contribution >= 0.6 is 24.0 Å². The largest absolute Gasteiger partial charge is 0.357 e. The van der Waals surface area contributed by atoms with Crippen LogP contribution in [-0.2, 0) is 13.5 Å². The highest BCUT2D eigenvalue weighted by Gasteiger charge is 2.06. The van der Waals surface area contributed by atoms with Crippen molar-refractivity contribution in [1.82, 2.24) is 20.4 Å². The fourth-order valence-corrected chi connectivity index (χ4v) is 2.11. The summed E-state index contributed by atoms with van der Waals surface area (Å²) in [6.45, 7) is 10.5. The van der Waals surface area contributed by atoms with E-state index >= 15 is 0 Å². The summed E-state index contributed by atoms with van der Waals surface area (Å²) in [5.41, 5.74) is 1.23. The van der Waals surface area contributed by atoms with Crippen molar-refractivity contribution in [1.29, 1.82) is 0 Å². The average molecular weight is 421 g/mol. The Bertz CT molecular complexity index is 428. The van der Waals surface area contributed by atoms with E-state index in [4.69, 9.17) is 0 Å². The van der Waals surface area contributed by atoms with Gasteiger partial charge in [0.1, 0.15) is 0 Å². The van der Waals surface area contributed by atoms with Crippen molar-refractivity contribution in [2.75, 3.05) is 13.1 Å². The second kappa shape index (κ2) is 11.7. The van der Waals surface area contributed by atoms with Gasteiger partial charge >= 0.3 is 0 Å². The first-order valence-electron chi connectivity index (χ1n) is 8.03. The van der Waals surface area contributed by atoms with E-state index in [1.807, 2.05) is 24.1 Å². The average Bonchev–Trinajstić information content (AvgIpc) is 2.82. The highest BCUT2D eigenvalue weighted by Crippen LogP contribution is 2.06. The van der Waals surface area contributed by atoms with Crippen molar-refractivity contribution >= 4 is 29.9 Å². The Morgan fingerprint density at radius 2 is 2.05 bits per heavy atom. The number of guanidine groups is 1. The van der Waals surface area contributed by atoms with E-state index in [9.17, 15) is 0 Å². The molecule has 128 valence electrons. The number of nitrogens with zero attached hydrogens (tertiary/aromatic N) is 3. The minimum atomic E-state index is 0. The molecule has 6 heteroatoms. The van der Waals surface area contributed by atoms with Gasteiger partial charge in [-0.15, -0.1) is 24.0 Å². The lowest BCUT2D eigenvalue weighted by Crippen LogP contribution is -2.42. The van der Waals surface area contributed by atoms with Gasteiger partial charge in [0, 0.05) is 32.4 Å². The molecular weight excluding hydrogens is 389 g/mol. The van der Waals surface area contributed by atoms with Gasteiger partial charge in [0.15, 0.2) is 5.96 Å². The number of nitrogens with one attached hydrogen (secondary N) is 2. The third kappa shape index (κ3) is 9.27. The molecule has 0 saturated heterocycles. The fraction of sp³-hybridized carbons (Fsp3) is 0.750. The Morgan fingerprint density at radius 1 is 1.32 bits per heavy atom. The van der Waals surface area contributed by atoms with Crippen molar-refractivity contribution in [2.24, 2.45) is 18.0 Å². The SMILES string of the molecule is CCNC(=NCCc1cnn(C)c1)NC(C)CCC(C)C.I. The van der Waals surface area contributed by atoms with E-state index in [1.54, 1.807) is 0 Å². The lowest BCUT2D eigenvalue weighted by molar-refractivity contribution is 0.489. The molecule has 0 amide bonds. The summed E-state index contributed by atoms with van der Waals surface area (Å²) in [7, 11) is 1.94. The summed E-state index contributed by atoms with van der Waals surface area (Å²) in [6, 6.07) is 0.448. The van der Waals surface area contributed by atoms with Gasteiger partial charge in [-0.1, -0.05) is 13.8 Å². The monoisotopic (exact) mass is 421 g/mol. The van der Waals surface area contributed by atoms with E-state index < -0.39 is 0 Å². The highest BCUT2D eigenvalue weighted by molar-refractivity contribution is 14.0. The second-order valence-electron chi connectivity index (χ2n) is 6.05. The molecule has 0 fully saturated rings. The Labute approximate surface area is 152 Å². The standard InChI is InChI=1S/C16H31N5.HI/c1-6-17-16(20-14(4)8-7-13(2)3)18-10-9-15-11-19-21(5)12-15;/h11-14H,6-10H2,1-5H3,(H2,17,18,20);1H. The molecule has 0 aliphatic carbocycles. The molecule has 0 saturated carbocycles. The molecule has 1 heterocycles. The maximum absolute atomic E-state index is 4.64. The molecule has 1 rings (SSSR count). The maximum atomic E-state index is 4.64. The van der Waals surface area contributed by atoms with Crippen molar-refractivity contribution in [3.8, 4) is 0 Å². The molecule has 0 bridgehead atoms. The van der Waals surface area contributed by atoms with Crippen LogP contribution in [0.1, 0.15) is 46.1 Å². The normalized spacial score (nSPS) is 12.9. The summed E-state index contributed by atoms with van der Waals surface area (Å²) in [6.07, 6.45) is 7.28. The third-order valence-electron chi connectivity index (χ3n) is 3.33. The van der Waals surface area contributed by atoms with Crippen LogP contribution in [-0.4, -0.2) is 34.9 Å². The number of halogens is 1. The molecule has 0 aliphatic heterocycles. The summed E-state index contributed by atoms with van der Waals surface area (Å²) in [5.74, 6) is 1.66. The predicted molar refractivity (Wildman–Crippen MR) is 105 cm³/mol. The van der Waals surface area contributed by atoms with Crippen LogP contribution < -0.4 is 10.6 Å². The zero-order valence-electron chi connectivity index (χ0n) is 14.6. The fourth-order valence-electron chi connectivity index (χ4n) is 2.11. The lowest BCUT2D eigenvalue weighted by Gasteiger charge is -2.18. The number of aryl methyl sites for hydroxylation is 1. The van der Waals surface area contributed by atoms with Gasteiger partial charge in [-0.05, 0) is 44.6 Å².